The Morgan fingerprint density at radius 3 is 2.87 bits per heavy atom. The van der Waals surface area contributed by atoms with Crippen molar-refractivity contribution in [2.75, 3.05) is 6.61 Å². The molecular weight excluding hydrogens is 198 g/mol. The molecule has 5 nitrogen and oxygen atoms in total. The topological polar surface area (TPSA) is 83.9 Å². The van der Waals surface area contributed by atoms with E-state index >= 15 is 0 Å². The van der Waals surface area contributed by atoms with Crippen molar-refractivity contribution < 1.29 is 19.7 Å². The normalized spacial score (nSPS) is 13.5. The fraction of sp³-hybridized carbons (Fsp3) is 0.200. The molecule has 0 atom stereocenters. The number of rotatable bonds is 1. The van der Waals surface area contributed by atoms with Gasteiger partial charge in [0.25, 0.3) is 0 Å². The van der Waals surface area contributed by atoms with Gasteiger partial charge in [-0.1, -0.05) is 0 Å². The van der Waals surface area contributed by atoms with Crippen molar-refractivity contribution >= 4 is 18.2 Å². The van der Waals surface area contributed by atoms with Gasteiger partial charge in [-0.3, -0.25) is 4.79 Å². The second kappa shape index (κ2) is 4.10. The molecule has 0 amide bonds. The minimum absolute atomic E-state index is 0. The number of hydrogen-bond donors (Lipinski definition) is 0. The number of hydrogen-bond acceptors (Lipinski definition) is 3. The van der Waals surface area contributed by atoms with Gasteiger partial charge in [0.1, 0.15) is 19.1 Å². The standard InChI is InChI=1S/C10H9NO3.H2O/c1-11(13)8-2-3-10-7(4-8)5-9(12)6-14-10;/h2-4H,1,5-6H2;1H2. The van der Waals surface area contributed by atoms with Crippen molar-refractivity contribution in [1.82, 2.24) is 0 Å². The van der Waals surface area contributed by atoms with Crippen molar-refractivity contribution in [3.05, 3.63) is 29.0 Å². The minimum Gasteiger partial charge on any atom is -0.619 e. The zero-order valence-electron chi connectivity index (χ0n) is 8.03. The third-order valence-electron chi connectivity index (χ3n) is 2.11. The third kappa shape index (κ3) is 2.13. The zero-order chi connectivity index (χ0) is 10.1. The predicted octanol–water partition coefficient (Wildman–Crippen LogP) is 0.208. The van der Waals surface area contributed by atoms with E-state index in [-0.39, 0.29) is 17.9 Å². The van der Waals surface area contributed by atoms with E-state index in [4.69, 9.17) is 4.74 Å². The first kappa shape index (κ1) is 11.2. The minimum atomic E-state index is 0. The first-order valence-electron chi connectivity index (χ1n) is 4.22. The molecule has 0 bridgehead atoms. The molecule has 0 unspecified atom stereocenters. The van der Waals surface area contributed by atoms with Crippen LogP contribution in [0, 0.1) is 5.21 Å². The van der Waals surface area contributed by atoms with Crippen LogP contribution < -0.4 is 4.74 Å². The second-order valence-corrected chi connectivity index (χ2v) is 3.17. The molecular formula is C10H11NO4. The summed E-state index contributed by atoms with van der Waals surface area (Å²) in [6, 6.07) is 4.94. The number of carbonyl (C=O) groups is 1. The van der Waals surface area contributed by atoms with Gasteiger partial charge >= 0.3 is 0 Å². The molecule has 80 valence electrons. The maximum Gasteiger partial charge on any atom is 0.216 e. The van der Waals surface area contributed by atoms with Gasteiger partial charge in [0.2, 0.25) is 5.69 Å². The molecule has 1 aliphatic heterocycles. The van der Waals surface area contributed by atoms with Gasteiger partial charge in [-0.15, -0.1) is 0 Å². The molecule has 5 heteroatoms. The second-order valence-electron chi connectivity index (χ2n) is 3.17. The fourth-order valence-corrected chi connectivity index (χ4v) is 1.42. The van der Waals surface area contributed by atoms with Gasteiger partial charge in [0.05, 0.1) is 0 Å². The van der Waals surface area contributed by atoms with Gasteiger partial charge in [0, 0.05) is 24.1 Å². The number of ether oxygens (including phenoxy) is 1. The highest BCUT2D eigenvalue weighted by molar-refractivity contribution is 5.84. The number of Topliss-reactive ketones (excluding diaryl/α,β-unsaturated/α-hetero) is 1. The summed E-state index contributed by atoms with van der Waals surface area (Å²) in [6.45, 7) is 3.35. The van der Waals surface area contributed by atoms with E-state index in [0.29, 0.717) is 22.6 Å². The van der Waals surface area contributed by atoms with E-state index in [2.05, 4.69) is 6.72 Å². The molecule has 0 aromatic heterocycles. The van der Waals surface area contributed by atoms with Crippen LogP contribution in [-0.2, 0) is 11.2 Å². The monoisotopic (exact) mass is 209 g/mol. The van der Waals surface area contributed by atoms with Crippen molar-refractivity contribution in [1.29, 1.82) is 0 Å². The van der Waals surface area contributed by atoms with Gasteiger partial charge in [-0.05, 0) is 6.07 Å². The van der Waals surface area contributed by atoms with E-state index in [1.807, 2.05) is 0 Å². The largest absolute Gasteiger partial charge is 0.619 e. The fourth-order valence-electron chi connectivity index (χ4n) is 1.42. The lowest BCUT2D eigenvalue weighted by atomic mass is 10.1. The number of carbonyl (C=O) groups excluding carboxylic acids is 1. The average molecular weight is 209 g/mol. The lowest BCUT2D eigenvalue weighted by molar-refractivity contribution is -0.349. The Balaban J connectivity index is 0.00000112. The van der Waals surface area contributed by atoms with Crippen LogP contribution in [0.3, 0.4) is 0 Å². The number of nitrogens with zero attached hydrogens (tertiary/aromatic N) is 1. The van der Waals surface area contributed by atoms with E-state index in [9.17, 15) is 10.0 Å². The molecule has 2 N–H and O–H groups in total. The van der Waals surface area contributed by atoms with Crippen LogP contribution in [0.2, 0.25) is 0 Å². The summed E-state index contributed by atoms with van der Waals surface area (Å²) in [5.41, 5.74) is 1.19. The van der Waals surface area contributed by atoms with Crippen LogP contribution in [0.4, 0.5) is 5.69 Å². The average Bonchev–Trinajstić information content (AvgIpc) is 2.16. The molecule has 1 aliphatic rings. The number of fused-ring (bicyclic) bond motifs is 1. The third-order valence-corrected chi connectivity index (χ3v) is 2.11. The quantitative estimate of drug-likeness (QED) is 0.287. The summed E-state index contributed by atoms with van der Waals surface area (Å²) in [7, 11) is 0. The van der Waals surface area contributed by atoms with Crippen LogP contribution in [0.5, 0.6) is 5.75 Å². The van der Waals surface area contributed by atoms with Gasteiger partial charge in [-0.25, -0.2) is 0 Å². The summed E-state index contributed by atoms with van der Waals surface area (Å²) in [6.07, 6.45) is 0.330. The van der Waals surface area contributed by atoms with E-state index in [1.54, 1.807) is 18.2 Å². The predicted molar refractivity (Wildman–Crippen MR) is 54.7 cm³/mol. The molecule has 0 saturated heterocycles. The maximum atomic E-state index is 11.1. The molecule has 0 fully saturated rings. The Kier molecular flexibility index (Phi) is 3.06. The Bertz CT molecular complexity index is 414. The van der Waals surface area contributed by atoms with E-state index < -0.39 is 0 Å². The lowest BCUT2D eigenvalue weighted by Gasteiger charge is -2.16. The Labute approximate surface area is 86.5 Å². The summed E-state index contributed by atoms with van der Waals surface area (Å²) in [5, 5.41) is 10.9. The van der Waals surface area contributed by atoms with Crippen LogP contribution in [0.15, 0.2) is 18.2 Å². The molecule has 1 heterocycles. The van der Waals surface area contributed by atoms with E-state index in [1.165, 1.54) is 0 Å². The van der Waals surface area contributed by atoms with Crippen molar-refractivity contribution in [2.45, 2.75) is 6.42 Å². The van der Waals surface area contributed by atoms with Crippen molar-refractivity contribution in [2.24, 2.45) is 0 Å². The van der Waals surface area contributed by atoms with Crippen LogP contribution in [0.25, 0.3) is 0 Å². The first-order chi connectivity index (χ1) is 6.66. The number of ketones is 1. The molecule has 1 aromatic rings. The van der Waals surface area contributed by atoms with Gasteiger partial charge in [-0.2, -0.15) is 4.74 Å². The Hall–Kier alpha value is -1.88. The van der Waals surface area contributed by atoms with Gasteiger partial charge in [0.15, 0.2) is 5.78 Å². The first-order valence-corrected chi connectivity index (χ1v) is 4.22. The molecule has 2 rings (SSSR count). The highest BCUT2D eigenvalue weighted by atomic mass is 16.5. The van der Waals surface area contributed by atoms with Crippen molar-refractivity contribution in [3.8, 4) is 5.75 Å². The molecule has 15 heavy (non-hydrogen) atoms. The molecule has 0 radical (unpaired) electrons. The Morgan fingerprint density at radius 1 is 1.47 bits per heavy atom. The van der Waals surface area contributed by atoms with Gasteiger partial charge < -0.3 is 15.4 Å². The van der Waals surface area contributed by atoms with Crippen LogP contribution >= 0.6 is 0 Å². The zero-order valence-corrected chi connectivity index (χ0v) is 8.03. The maximum absolute atomic E-state index is 11.1. The lowest BCUT2D eigenvalue weighted by Crippen LogP contribution is -2.20. The number of benzene rings is 1. The molecule has 0 aliphatic carbocycles. The van der Waals surface area contributed by atoms with Crippen LogP contribution in [-0.4, -0.2) is 29.3 Å². The molecule has 0 saturated carbocycles. The SMILES string of the molecule is C=[N+]([O-])c1ccc2c(c1)CC(=O)CO2.O. The summed E-state index contributed by atoms with van der Waals surface area (Å²) >= 11 is 0. The molecule has 0 spiro atoms. The highest BCUT2D eigenvalue weighted by Gasteiger charge is 2.18. The van der Waals surface area contributed by atoms with Crippen LogP contribution in [0.1, 0.15) is 5.56 Å². The summed E-state index contributed by atoms with van der Waals surface area (Å²) in [5.74, 6) is 0.700. The van der Waals surface area contributed by atoms with Crippen molar-refractivity contribution in [3.63, 3.8) is 0 Å². The smallest absolute Gasteiger partial charge is 0.216 e. The summed E-state index contributed by atoms with van der Waals surface area (Å²) in [4.78, 5) is 11.1. The Morgan fingerprint density at radius 2 is 2.20 bits per heavy atom. The molecule has 1 aromatic carbocycles. The summed E-state index contributed by atoms with van der Waals surface area (Å²) < 4.78 is 5.69. The van der Waals surface area contributed by atoms with E-state index in [0.717, 1.165) is 5.56 Å². The highest BCUT2D eigenvalue weighted by Crippen LogP contribution is 2.27.